The van der Waals surface area contributed by atoms with E-state index in [4.69, 9.17) is 11.1 Å². The molecule has 3 nitrogen and oxygen atoms in total. The van der Waals surface area contributed by atoms with Crippen molar-refractivity contribution in [2.45, 2.75) is 20.3 Å². The minimum absolute atomic E-state index is 0.554. The summed E-state index contributed by atoms with van der Waals surface area (Å²) in [6.45, 7) is 7.77. The van der Waals surface area contributed by atoms with Gasteiger partial charge in [0.15, 0.2) is 0 Å². The number of nitrogens with two attached hydrogens (primary N) is 1. The van der Waals surface area contributed by atoms with Crippen molar-refractivity contribution in [3.05, 3.63) is 168 Å². The van der Waals surface area contributed by atoms with Crippen LogP contribution in [0, 0.1) is 5.41 Å². The fraction of sp³-hybridized carbons (Fsp3) is 0.0714. The number of benzene rings is 5. The summed E-state index contributed by atoms with van der Waals surface area (Å²) in [7, 11) is 0. The first kappa shape index (κ1) is 29.4. The van der Waals surface area contributed by atoms with E-state index in [0.717, 1.165) is 44.7 Å². The van der Waals surface area contributed by atoms with E-state index in [-0.39, 0.29) is 0 Å². The Kier molecular flexibility index (Phi) is 8.43. The van der Waals surface area contributed by atoms with Crippen LogP contribution in [0.2, 0.25) is 0 Å². The summed E-state index contributed by atoms with van der Waals surface area (Å²) in [6, 6.07) is 39.1. The van der Waals surface area contributed by atoms with Crippen LogP contribution in [0.4, 0.5) is 0 Å². The Morgan fingerprint density at radius 3 is 2.18 bits per heavy atom. The molecule has 0 aliphatic carbocycles. The zero-order valence-electron chi connectivity index (χ0n) is 25.8. The molecule has 0 saturated carbocycles. The third-order valence-electron chi connectivity index (χ3n) is 8.40. The Labute approximate surface area is 265 Å². The van der Waals surface area contributed by atoms with Crippen molar-refractivity contribution >= 4 is 44.9 Å². The third kappa shape index (κ3) is 5.93. The van der Waals surface area contributed by atoms with Gasteiger partial charge in [-0.3, -0.25) is 0 Å². The van der Waals surface area contributed by atoms with E-state index in [0.29, 0.717) is 6.42 Å². The van der Waals surface area contributed by atoms with Gasteiger partial charge in [-0.1, -0.05) is 110 Å². The van der Waals surface area contributed by atoms with Gasteiger partial charge >= 0.3 is 0 Å². The minimum Gasteiger partial charge on any atom is -0.402 e. The van der Waals surface area contributed by atoms with Gasteiger partial charge in [-0.05, 0) is 94.4 Å². The molecule has 1 heterocycles. The molecule has 0 aliphatic rings. The second kappa shape index (κ2) is 12.9. The highest BCUT2D eigenvalue weighted by Crippen LogP contribution is 2.36. The normalized spacial score (nSPS) is 13.1. The molecule has 3 N–H and O–H groups in total. The van der Waals surface area contributed by atoms with Crippen molar-refractivity contribution in [2.24, 2.45) is 5.73 Å². The zero-order chi connectivity index (χ0) is 31.3. The molecule has 0 fully saturated rings. The van der Waals surface area contributed by atoms with Gasteiger partial charge in [0, 0.05) is 34.8 Å². The van der Waals surface area contributed by atoms with Gasteiger partial charge in [0.1, 0.15) is 0 Å². The lowest BCUT2D eigenvalue weighted by atomic mass is 9.99. The van der Waals surface area contributed by atoms with E-state index in [9.17, 15) is 0 Å². The van der Waals surface area contributed by atoms with Crippen LogP contribution < -0.4 is 5.73 Å². The molecule has 0 saturated heterocycles. The lowest BCUT2D eigenvalue weighted by Gasteiger charge is -2.10. The molecule has 3 heteroatoms. The van der Waals surface area contributed by atoms with Crippen molar-refractivity contribution in [3.63, 3.8) is 0 Å². The average molecular weight is 584 g/mol. The summed E-state index contributed by atoms with van der Waals surface area (Å²) in [5.74, 6) is 0. The lowest BCUT2D eigenvalue weighted by Crippen LogP contribution is -1.99. The number of allylic oxidation sites excluding steroid dienone is 7. The maximum atomic E-state index is 8.17. The zero-order valence-corrected chi connectivity index (χ0v) is 25.8. The van der Waals surface area contributed by atoms with E-state index in [2.05, 4.69) is 126 Å². The molecule has 6 aromatic rings. The van der Waals surface area contributed by atoms with Gasteiger partial charge in [-0.2, -0.15) is 0 Å². The van der Waals surface area contributed by atoms with Crippen molar-refractivity contribution in [2.75, 3.05) is 0 Å². The van der Waals surface area contributed by atoms with Crippen LogP contribution in [0.3, 0.4) is 0 Å². The standard InChI is InChI=1S/C42H37N3/c1-4-11-32(36(28-43)20-23-40(44)29(3)5-2)24-30-16-21-38-39-22-19-35(34-18-17-31-12-9-10-13-33(31)26-34)27-42(39)45(41(38)25-30)37-14-7-6-8-15-37/h4-22,24-28,43H,2,23,44H2,1,3H3/b11-4-,32-24+,36-20+,40-29-,43-28?. The number of hydrogen-bond donors (Lipinski definition) is 2. The summed E-state index contributed by atoms with van der Waals surface area (Å²) in [4.78, 5) is 0. The van der Waals surface area contributed by atoms with E-state index >= 15 is 0 Å². The smallest absolute Gasteiger partial charge is 0.0547 e. The van der Waals surface area contributed by atoms with Crippen LogP contribution in [0.25, 0.3) is 55.5 Å². The SMILES string of the molecule is C=C/C(C)=C(\N)C/C=C(C=N)/C(/C=C\C)=C/c1ccc2c3ccc(-c4ccc5ccccc5c4)cc3n(-c3ccccc3)c2c1. The Bertz CT molecular complexity index is 2190. The van der Waals surface area contributed by atoms with Gasteiger partial charge in [0.25, 0.3) is 0 Å². The van der Waals surface area contributed by atoms with Gasteiger partial charge in [0.05, 0.1) is 11.0 Å². The molecule has 45 heavy (non-hydrogen) atoms. The van der Waals surface area contributed by atoms with E-state index in [1.54, 1.807) is 6.08 Å². The quantitative estimate of drug-likeness (QED) is 0.129. The molecule has 0 atom stereocenters. The maximum absolute atomic E-state index is 8.17. The Morgan fingerprint density at radius 1 is 0.778 bits per heavy atom. The molecule has 0 unspecified atom stereocenters. The van der Waals surface area contributed by atoms with Gasteiger partial charge in [-0.15, -0.1) is 0 Å². The highest BCUT2D eigenvalue weighted by molar-refractivity contribution is 6.11. The van der Waals surface area contributed by atoms with Crippen LogP contribution in [0.5, 0.6) is 0 Å². The van der Waals surface area contributed by atoms with Crippen LogP contribution in [-0.2, 0) is 0 Å². The molecule has 6 rings (SSSR count). The van der Waals surface area contributed by atoms with Crippen LogP contribution in [-0.4, -0.2) is 10.8 Å². The number of nitrogens with one attached hydrogen (secondary N) is 1. The van der Waals surface area contributed by atoms with Crippen molar-refractivity contribution in [1.82, 2.24) is 4.57 Å². The Hall–Kier alpha value is -5.67. The molecule has 0 bridgehead atoms. The first-order valence-electron chi connectivity index (χ1n) is 15.3. The van der Waals surface area contributed by atoms with Gasteiger partial charge in [0.2, 0.25) is 0 Å². The summed E-state index contributed by atoms with van der Waals surface area (Å²) in [5.41, 5.74) is 16.6. The van der Waals surface area contributed by atoms with Gasteiger partial charge < -0.3 is 15.7 Å². The molecule has 0 spiro atoms. The lowest BCUT2D eigenvalue weighted by molar-refractivity contribution is 1.12. The Morgan fingerprint density at radius 2 is 1.44 bits per heavy atom. The molecular weight excluding hydrogens is 546 g/mol. The average Bonchev–Trinajstić information content (AvgIpc) is 3.41. The summed E-state index contributed by atoms with van der Waals surface area (Å²) in [6.07, 6.45) is 11.9. The number of hydrogen-bond acceptors (Lipinski definition) is 2. The first-order valence-corrected chi connectivity index (χ1v) is 15.3. The summed E-state index contributed by atoms with van der Waals surface area (Å²) in [5, 5.41) is 13.1. The molecule has 0 amide bonds. The molecule has 220 valence electrons. The predicted molar refractivity (Wildman–Crippen MR) is 195 cm³/mol. The number of aromatic nitrogens is 1. The largest absolute Gasteiger partial charge is 0.402 e. The van der Waals surface area contributed by atoms with Crippen molar-refractivity contribution in [1.29, 1.82) is 5.41 Å². The Balaban J connectivity index is 1.52. The third-order valence-corrected chi connectivity index (χ3v) is 8.40. The highest BCUT2D eigenvalue weighted by atomic mass is 15.0. The highest BCUT2D eigenvalue weighted by Gasteiger charge is 2.14. The van der Waals surface area contributed by atoms with Gasteiger partial charge in [-0.25, -0.2) is 0 Å². The second-order valence-electron chi connectivity index (χ2n) is 11.3. The number of para-hydroxylation sites is 1. The van der Waals surface area contributed by atoms with E-state index in [1.807, 2.05) is 32.1 Å². The first-order chi connectivity index (χ1) is 22.0. The number of fused-ring (bicyclic) bond motifs is 4. The van der Waals surface area contributed by atoms with E-state index < -0.39 is 0 Å². The van der Waals surface area contributed by atoms with Crippen molar-refractivity contribution < 1.29 is 0 Å². The number of nitrogens with zero attached hydrogens (tertiary/aromatic N) is 1. The fourth-order valence-corrected chi connectivity index (χ4v) is 5.89. The van der Waals surface area contributed by atoms with Crippen LogP contribution in [0.1, 0.15) is 25.8 Å². The van der Waals surface area contributed by atoms with Crippen molar-refractivity contribution in [3.8, 4) is 16.8 Å². The number of rotatable bonds is 9. The monoisotopic (exact) mass is 583 g/mol. The van der Waals surface area contributed by atoms with Crippen LogP contribution in [0.15, 0.2) is 162 Å². The molecule has 1 aromatic heterocycles. The summed E-state index contributed by atoms with van der Waals surface area (Å²) < 4.78 is 2.36. The van der Waals surface area contributed by atoms with Crippen LogP contribution >= 0.6 is 0 Å². The molecule has 0 radical (unpaired) electrons. The topological polar surface area (TPSA) is 54.8 Å². The molecule has 0 aliphatic heterocycles. The molecular formula is C42H37N3. The molecule has 5 aromatic carbocycles. The predicted octanol–water partition coefficient (Wildman–Crippen LogP) is 10.9. The minimum atomic E-state index is 0.554. The van der Waals surface area contributed by atoms with E-state index in [1.165, 1.54) is 38.9 Å². The fourth-order valence-electron chi connectivity index (χ4n) is 5.89. The summed E-state index contributed by atoms with van der Waals surface area (Å²) >= 11 is 0. The maximum Gasteiger partial charge on any atom is 0.0547 e. The second-order valence-corrected chi connectivity index (χ2v) is 11.3.